The van der Waals surface area contributed by atoms with Gasteiger partial charge in [0, 0.05) is 27.8 Å². The molecule has 3 unspecified atom stereocenters. The Morgan fingerprint density at radius 1 is 1.33 bits per heavy atom. The highest BCUT2D eigenvalue weighted by atomic mass is 28.4. The van der Waals surface area contributed by atoms with E-state index in [9.17, 15) is 5.11 Å². The molecule has 6 heteroatoms. The Morgan fingerprint density at radius 3 is 2.13 bits per heavy atom. The fourth-order valence-corrected chi connectivity index (χ4v) is 3.94. The van der Waals surface area contributed by atoms with Gasteiger partial charge < -0.3 is 23.1 Å². The zero-order chi connectivity index (χ0) is 11.5. The van der Waals surface area contributed by atoms with Gasteiger partial charge in [-0.3, -0.25) is 0 Å². The van der Waals surface area contributed by atoms with E-state index in [1.165, 1.54) is 0 Å². The van der Waals surface area contributed by atoms with Gasteiger partial charge in [-0.05, 0) is 0 Å². The topological polar surface area (TPSA) is 60.5 Å². The van der Waals surface area contributed by atoms with E-state index >= 15 is 0 Å². The van der Waals surface area contributed by atoms with Crippen LogP contribution in [0.5, 0.6) is 0 Å². The van der Waals surface area contributed by atoms with Crippen molar-refractivity contribution in [2.24, 2.45) is 0 Å². The van der Waals surface area contributed by atoms with Gasteiger partial charge >= 0.3 is 8.80 Å². The Kier molecular flexibility index (Phi) is 4.69. The highest BCUT2D eigenvalue weighted by Gasteiger charge is 2.49. The number of rotatable bonds is 7. The van der Waals surface area contributed by atoms with Crippen molar-refractivity contribution < 1.29 is 23.1 Å². The van der Waals surface area contributed by atoms with Gasteiger partial charge in [0.05, 0.1) is 24.4 Å². The summed E-state index contributed by atoms with van der Waals surface area (Å²) in [5.41, 5.74) is -0.151. The molecule has 1 fully saturated rings. The van der Waals surface area contributed by atoms with Gasteiger partial charge in [-0.1, -0.05) is 6.92 Å². The van der Waals surface area contributed by atoms with Crippen molar-refractivity contribution >= 4 is 8.80 Å². The summed E-state index contributed by atoms with van der Waals surface area (Å²) in [7, 11) is 1.93. The molecule has 0 spiro atoms. The number of hydrogen-bond acceptors (Lipinski definition) is 5. The summed E-state index contributed by atoms with van der Waals surface area (Å²) >= 11 is 0. The Bertz CT molecular complexity index is 185. The minimum Gasteiger partial charge on any atom is -0.393 e. The van der Waals surface area contributed by atoms with Crippen molar-refractivity contribution in [3.63, 3.8) is 0 Å². The maximum atomic E-state index is 9.97. The van der Waals surface area contributed by atoms with Gasteiger partial charge in [0.2, 0.25) is 0 Å². The van der Waals surface area contributed by atoms with Crippen LogP contribution >= 0.6 is 0 Å². The average molecular weight is 236 g/mol. The van der Waals surface area contributed by atoms with Crippen LogP contribution in [-0.4, -0.2) is 54.1 Å². The van der Waals surface area contributed by atoms with E-state index in [-0.39, 0.29) is 11.6 Å². The monoisotopic (exact) mass is 236 g/mol. The zero-order valence-corrected chi connectivity index (χ0v) is 10.7. The molecule has 1 saturated heterocycles. The van der Waals surface area contributed by atoms with Crippen molar-refractivity contribution in [3.8, 4) is 0 Å². The third kappa shape index (κ3) is 2.99. The van der Waals surface area contributed by atoms with Crippen LogP contribution in [0.15, 0.2) is 0 Å². The molecular formula is C9H20O5Si. The van der Waals surface area contributed by atoms with Crippen molar-refractivity contribution in [2.45, 2.75) is 31.1 Å². The van der Waals surface area contributed by atoms with E-state index < -0.39 is 14.9 Å². The summed E-state index contributed by atoms with van der Waals surface area (Å²) in [6.45, 7) is 2.63. The molecule has 1 heterocycles. The van der Waals surface area contributed by atoms with Crippen molar-refractivity contribution in [3.05, 3.63) is 0 Å². The predicted octanol–water partition coefficient (Wildman–Crippen LogP) is 0.404. The molecule has 1 N–H and O–H groups in total. The molecule has 1 aliphatic rings. The second-order valence-electron chi connectivity index (χ2n) is 3.76. The van der Waals surface area contributed by atoms with Crippen LogP contribution in [-0.2, 0) is 18.0 Å². The summed E-state index contributed by atoms with van der Waals surface area (Å²) in [6.07, 6.45) is 0.301. The quantitative estimate of drug-likeness (QED) is 0.512. The lowest BCUT2D eigenvalue weighted by molar-refractivity contribution is 0.0688. The highest BCUT2D eigenvalue weighted by Crippen LogP contribution is 2.31. The van der Waals surface area contributed by atoms with Crippen LogP contribution in [0, 0.1) is 0 Å². The lowest BCUT2D eigenvalue weighted by Crippen LogP contribution is -2.50. The van der Waals surface area contributed by atoms with E-state index in [2.05, 4.69) is 0 Å². The van der Waals surface area contributed by atoms with Gasteiger partial charge in [-0.2, -0.15) is 0 Å². The Hall–Kier alpha value is 0.0169. The molecule has 15 heavy (non-hydrogen) atoms. The minimum atomic E-state index is -2.73. The fraction of sp³-hybridized carbons (Fsp3) is 1.00. The number of ether oxygens (including phenoxy) is 1. The van der Waals surface area contributed by atoms with Gasteiger partial charge in [0.1, 0.15) is 0 Å². The average Bonchev–Trinajstić information content (AvgIpc) is 3.05. The number of epoxide rings is 1. The molecule has 1 aliphatic heterocycles. The first kappa shape index (κ1) is 13.1. The van der Waals surface area contributed by atoms with Crippen LogP contribution in [0.2, 0.25) is 5.54 Å². The molecule has 3 atom stereocenters. The molecule has 0 saturated carbocycles. The van der Waals surface area contributed by atoms with Gasteiger partial charge in [-0.15, -0.1) is 0 Å². The SMILES string of the molecule is CO[Si](OC)(OC)C(C)C(O)CC1CO1. The maximum absolute atomic E-state index is 9.97. The third-order valence-corrected chi connectivity index (χ3v) is 6.10. The van der Waals surface area contributed by atoms with Crippen LogP contribution in [0.4, 0.5) is 0 Å². The molecule has 5 nitrogen and oxygen atoms in total. The zero-order valence-electron chi connectivity index (χ0n) is 9.73. The predicted molar refractivity (Wildman–Crippen MR) is 56.6 cm³/mol. The van der Waals surface area contributed by atoms with Crippen molar-refractivity contribution in [1.82, 2.24) is 0 Å². The van der Waals surface area contributed by atoms with Crippen LogP contribution in [0.1, 0.15) is 13.3 Å². The molecule has 90 valence electrons. The summed E-state index contributed by atoms with van der Waals surface area (Å²) < 4.78 is 21.0. The van der Waals surface area contributed by atoms with Crippen LogP contribution in [0.3, 0.4) is 0 Å². The summed E-state index contributed by atoms with van der Waals surface area (Å²) in [4.78, 5) is 0. The minimum absolute atomic E-state index is 0.151. The van der Waals surface area contributed by atoms with Gasteiger partial charge in [0.25, 0.3) is 0 Å². The summed E-state index contributed by atoms with van der Waals surface area (Å²) in [6, 6.07) is 0. The lowest BCUT2D eigenvalue weighted by atomic mass is 10.1. The fourth-order valence-electron chi connectivity index (χ4n) is 1.72. The molecule has 1 rings (SSSR count). The number of aliphatic hydroxyl groups is 1. The molecular weight excluding hydrogens is 216 g/mol. The van der Waals surface area contributed by atoms with E-state index in [1.54, 1.807) is 21.3 Å². The molecule has 0 radical (unpaired) electrons. The largest absolute Gasteiger partial charge is 0.505 e. The normalized spacial score (nSPS) is 25.0. The Morgan fingerprint density at radius 2 is 1.80 bits per heavy atom. The molecule has 0 bridgehead atoms. The van der Waals surface area contributed by atoms with Gasteiger partial charge in [-0.25, -0.2) is 0 Å². The van der Waals surface area contributed by atoms with E-state index in [4.69, 9.17) is 18.0 Å². The third-order valence-electron chi connectivity index (χ3n) is 2.90. The highest BCUT2D eigenvalue weighted by molar-refractivity contribution is 6.62. The van der Waals surface area contributed by atoms with Crippen molar-refractivity contribution in [2.75, 3.05) is 27.9 Å². The summed E-state index contributed by atoms with van der Waals surface area (Å²) in [5, 5.41) is 9.97. The molecule has 0 aliphatic carbocycles. The number of aliphatic hydroxyl groups excluding tert-OH is 1. The Balaban J connectivity index is 2.55. The molecule has 0 aromatic rings. The second kappa shape index (κ2) is 5.38. The lowest BCUT2D eigenvalue weighted by Gasteiger charge is -2.32. The first-order valence-electron chi connectivity index (χ1n) is 5.04. The molecule has 0 aromatic heterocycles. The van der Waals surface area contributed by atoms with Crippen molar-refractivity contribution in [1.29, 1.82) is 0 Å². The summed E-state index contributed by atoms with van der Waals surface area (Å²) in [5.74, 6) is 0. The molecule has 0 amide bonds. The van der Waals surface area contributed by atoms with Crippen LogP contribution in [0.25, 0.3) is 0 Å². The first-order valence-corrected chi connectivity index (χ1v) is 6.85. The van der Waals surface area contributed by atoms with E-state index in [0.717, 1.165) is 6.61 Å². The smallest absolute Gasteiger partial charge is 0.393 e. The standard InChI is InChI=1S/C9H20O5Si/c1-7(9(10)5-8-6-14-8)15(11-2,12-3)13-4/h7-10H,5-6H2,1-4H3. The number of hydrogen-bond donors (Lipinski definition) is 1. The maximum Gasteiger partial charge on any atom is 0.505 e. The Labute approximate surface area is 91.7 Å². The van der Waals surface area contributed by atoms with Gasteiger partial charge in [0.15, 0.2) is 0 Å². The molecule has 0 aromatic carbocycles. The second-order valence-corrected chi connectivity index (χ2v) is 7.11. The van der Waals surface area contributed by atoms with Crippen LogP contribution < -0.4 is 0 Å². The first-order chi connectivity index (χ1) is 7.09. The van der Waals surface area contributed by atoms with E-state index in [1.807, 2.05) is 6.92 Å². The van der Waals surface area contributed by atoms with E-state index in [0.29, 0.717) is 6.42 Å².